The predicted octanol–water partition coefficient (Wildman–Crippen LogP) is 2.90. The van der Waals surface area contributed by atoms with Gasteiger partial charge < -0.3 is 4.42 Å². The Kier molecular flexibility index (Phi) is 8.08. The smallest absolute Gasteiger partial charge is 0.258 e. The maximum atomic E-state index is 12.6. The number of hydrogen-bond acceptors (Lipinski definition) is 6. The molecular weight excluding hydrogens is 454 g/mol. The van der Waals surface area contributed by atoms with Crippen LogP contribution in [0.2, 0.25) is 0 Å². The maximum absolute atomic E-state index is 12.6. The van der Waals surface area contributed by atoms with Gasteiger partial charge in [0.25, 0.3) is 5.91 Å². The molecule has 0 unspecified atom stereocenters. The first-order chi connectivity index (χ1) is 12.8. The van der Waals surface area contributed by atoms with Gasteiger partial charge in [0.05, 0.1) is 11.1 Å². The Morgan fingerprint density at radius 3 is 2.59 bits per heavy atom. The van der Waals surface area contributed by atoms with Crippen molar-refractivity contribution in [3.8, 4) is 0 Å². The van der Waals surface area contributed by atoms with E-state index in [1.807, 2.05) is 13.2 Å². The minimum Gasteiger partial charge on any atom is -0.448 e. The van der Waals surface area contributed by atoms with Gasteiger partial charge in [0.2, 0.25) is 10.0 Å². The predicted molar refractivity (Wildman–Crippen MR) is 110 cm³/mol. The number of carbonyl (C=O) groups is 1. The lowest BCUT2D eigenvalue weighted by Crippen LogP contribution is -2.45. The van der Waals surface area contributed by atoms with E-state index in [4.69, 9.17) is 4.42 Å². The summed E-state index contributed by atoms with van der Waals surface area (Å²) in [6, 6.07) is 8.85. The zero-order chi connectivity index (χ0) is 19.9. The topological polar surface area (TPSA) is 101 Å². The standard InChI is InChI=1S/C17H20BrN3O4S2/c1-12-3-6-14(7-4-12)27(23,24)21-15(9-10-26-2)17(22)20-19-11-13-5-8-16(18)25-13/h3-8,11,15,21H,9-10H2,1-2H3,(H,20,22)/b19-11+/t15-/m0/s1. The largest absolute Gasteiger partial charge is 0.448 e. The van der Waals surface area contributed by atoms with Crippen LogP contribution in [-0.4, -0.2) is 38.6 Å². The Hall–Kier alpha value is -1.62. The summed E-state index contributed by atoms with van der Waals surface area (Å²) in [5, 5.41) is 3.82. The molecule has 0 fully saturated rings. The van der Waals surface area contributed by atoms with Crippen LogP contribution in [0.4, 0.5) is 0 Å². The summed E-state index contributed by atoms with van der Waals surface area (Å²) in [6.07, 6.45) is 3.55. The first-order valence-corrected chi connectivity index (χ1v) is 11.6. The average Bonchev–Trinajstić information content (AvgIpc) is 3.04. The van der Waals surface area contributed by atoms with Crippen molar-refractivity contribution < 1.29 is 17.6 Å². The Labute approximate surface area is 171 Å². The van der Waals surface area contributed by atoms with Crippen molar-refractivity contribution in [2.24, 2.45) is 5.10 Å². The second kappa shape index (κ2) is 10.1. The third-order valence-electron chi connectivity index (χ3n) is 3.52. The highest BCUT2D eigenvalue weighted by atomic mass is 79.9. The molecule has 2 aromatic rings. The Bertz CT molecular complexity index is 895. The molecule has 1 amide bonds. The van der Waals surface area contributed by atoms with E-state index in [1.54, 1.807) is 24.3 Å². The number of hydrogen-bond donors (Lipinski definition) is 2. The normalized spacial score (nSPS) is 13.0. The number of hydrazone groups is 1. The van der Waals surface area contributed by atoms with Crippen LogP contribution >= 0.6 is 27.7 Å². The number of halogens is 1. The molecule has 0 aliphatic carbocycles. The Morgan fingerprint density at radius 1 is 1.30 bits per heavy atom. The molecule has 2 rings (SSSR count). The molecule has 0 aliphatic rings. The van der Waals surface area contributed by atoms with E-state index >= 15 is 0 Å². The van der Waals surface area contributed by atoms with Gasteiger partial charge in [0.15, 0.2) is 4.67 Å². The van der Waals surface area contributed by atoms with Crippen LogP contribution in [0, 0.1) is 6.92 Å². The zero-order valence-electron chi connectivity index (χ0n) is 14.8. The number of aryl methyl sites for hydroxylation is 1. The summed E-state index contributed by atoms with van der Waals surface area (Å²) in [5.74, 6) is 0.522. The number of rotatable bonds is 9. The van der Waals surface area contributed by atoms with E-state index in [0.29, 0.717) is 22.6 Å². The van der Waals surface area contributed by atoms with Crippen LogP contribution < -0.4 is 10.1 Å². The highest BCUT2D eigenvalue weighted by Gasteiger charge is 2.25. The number of carbonyl (C=O) groups excluding carboxylic acids is 1. The summed E-state index contributed by atoms with van der Waals surface area (Å²) in [4.78, 5) is 12.5. The van der Waals surface area contributed by atoms with Crippen molar-refractivity contribution in [3.05, 3.63) is 52.4 Å². The first kappa shape index (κ1) is 21.7. The minimum absolute atomic E-state index is 0.110. The molecular formula is C17H20BrN3O4S2. The summed E-state index contributed by atoms with van der Waals surface area (Å²) >= 11 is 4.69. The number of nitrogens with zero attached hydrogens (tertiary/aromatic N) is 1. The summed E-state index contributed by atoms with van der Waals surface area (Å²) < 4.78 is 33.4. The van der Waals surface area contributed by atoms with Gasteiger partial charge in [-0.1, -0.05) is 17.7 Å². The summed E-state index contributed by atoms with van der Waals surface area (Å²) in [7, 11) is -3.82. The van der Waals surface area contributed by atoms with Crippen molar-refractivity contribution in [1.82, 2.24) is 10.1 Å². The van der Waals surface area contributed by atoms with Crippen LogP contribution in [0.1, 0.15) is 17.7 Å². The second-order valence-corrected chi connectivity index (χ2v) is 9.13. The molecule has 2 N–H and O–H groups in total. The highest BCUT2D eigenvalue weighted by Crippen LogP contribution is 2.13. The number of sulfonamides is 1. The fourth-order valence-corrected chi connectivity index (χ4v) is 4.11. The SMILES string of the molecule is CSCC[C@H](NS(=O)(=O)c1ccc(C)cc1)C(=O)N/N=C/c1ccc(Br)o1. The Balaban J connectivity index is 2.07. The van der Waals surface area contributed by atoms with E-state index in [9.17, 15) is 13.2 Å². The monoisotopic (exact) mass is 473 g/mol. The molecule has 27 heavy (non-hydrogen) atoms. The molecule has 1 atom stereocenters. The first-order valence-electron chi connectivity index (χ1n) is 7.98. The summed E-state index contributed by atoms with van der Waals surface area (Å²) in [6.45, 7) is 1.87. The molecule has 1 aromatic heterocycles. The quantitative estimate of drug-likeness (QED) is 0.430. The molecule has 0 saturated heterocycles. The number of amides is 1. The van der Waals surface area contributed by atoms with Gasteiger partial charge in [-0.2, -0.15) is 21.6 Å². The molecule has 0 radical (unpaired) electrons. The average molecular weight is 474 g/mol. The van der Waals surface area contributed by atoms with Crippen molar-refractivity contribution >= 4 is 49.8 Å². The highest BCUT2D eigenvalue weighted by molar-refractivity contribution is 9.10. The van der Waals surface area contributed by atoms with Crippen LogP contribution in [0.3, 0.4) is 0 Å². The number of thioether (sulfide) groups is 1. The van der Waals surface area contributed by atoms with Crippen molar-refractivity contribution in [2.45, 2.75) is 24.3 Å². The lowest BCUT2D eigenvalue weighted by molar-refractivity contribution is -0.122. The number of furan rings is 1. The second-order valence-electron chi connectivity index (χ2n) is 5.64. The molecule has 7 nitrogen and oxygen atoms in total. The lowest BCUT2D eigenvalue weighted by Gasteiger charge is -2.17. The molecule has 0 saturated carbocycles. The molecule has 0 bridgehead atoms. The van der Waals surface area contributed by atoms with E-state index in [1.165, 1.54) is 30.1 Å². The van der Waals surface area contributed by atoms with Gasteiger partial charge in [0, 0.05) is 0 Å². The zero-order valence-corrected chi connectivity index (χ0v) is 18.0. The molecule has 10 heteroatoms. The third kappa shape index (κ3) is 6.80. The third-order valence-corrected chi connectivity index (χ3v) is 6.07. The van der Waals surface area contributed by atoms with Crippen molar-refractivity contribution in [3.63, 3.8) is 0 Å². The molecule has 1 aromatic carbocycles. The van der Waals surface area contributed by atoms with Crippen molar-refractivity contribution in [2.75, 3.05) is 12.0 Å². The number of benzene rings is 1. The lowest BCUT2D eigenvalue weighted by atomic mass is 10.2. The van der Waals surface area contributed by atoms with Gasteiger partial charge >= 0.3 is 0 Å². The molecule has 1 heterocycles. The van der Waals surface area contributed by atoms with Crippen LogP contribution in [0.15, 0.2) is 55.5 Å². The van der Waals surface area contributed by atoms with Gasteiger partial charge in [-0.05, 0) is 65.5 Å². The van der Waals surface area contributed by atoms with Crippen LogP contribution in [0.25, 0.3) is 0 Å². The van der Waals surface area contributed by atoms with E-state index in [-0.39, 0.29) is 4.90 Å². The van der Waals surface area contributed by atoms with Crippen molar-refractivity contribution in [1.29, 1.82) is 0 Å². The molecule has 146 valence electrons. The molecule has 0 aliphatic heterocycles. The minimum atomic E-state index is -3.82. The van der Waals surface area contributed by atoms with E-state index in [0.717, 1.165) is 5.56 Å². The van der Waals surface area contributed by atoms with E-state index in [2.05, 4.69) is 31.2 Å². The Morgan fingerprint density at radius 2 is 2.00 bits per heavy atom. The van der Waals surface area contributed by atoms with E-state index < -0.39 is 22.0 Å². The fourth-order valence-electron chi connectivity index (χ4n) is 2.09. The van der Waals surface area contributed by atoms with Gasteiger partial charge in [0.1, 0.15) is 11.8 Å². The van der Waals surface area contributed by atoms with Gasteiger partial charge in [-0.15, -0.1) is 0 Å². The molecule has 0 spiro atoms. The fraction of sp³-hybridized carbons (Fsp3) is 0.294. The van der Waals surface area contributed by atoms with Gasteiger partial charge in [-0.3, -0.25) is 4.79 Å². The maximum Gasteiger partial charge on any atom is 0.258 e. The number of nitrogens with one attached hydrogen (secondary N) is 2. The van der Waals surface area contributed by atoms with Crippen LogP contribution in [0.5, 0.6) is 0 Å². The summed E-state index contributed by atoms with van der Waals surface area (Å²) in [5.41, 5.74) is 3.30. The van der Waals surface area contributed by atoms with Crippen LogP contribution in [-0.2, 0) is 14.8 Å². The van der Waals surface area contributed by atoms with Gasteiger partial charge in [-0.25, -0.2) is 13.8 Å².